The number of carbonyl (C=O) groups excluding carboxylic acids is 1. The van der Waals surface area contributed by atoms with E-state index in [2.05, 4.69) is 20.8 Å². The summed E-state index contributed by atoms with van der Waals surface area (Å²) >= 11 is 0. The second kappa shape index (κ2) is 7.29. The number of amides is 2. The topological polar surface area (TPSA) is 85.2 Å². The van der Waals surface area contributed by atoms with Crippen LogP contribution in [0.25, 0.3) is 0 Å². The summed E-state index contributed by atoms with van der Waals surface area (Å²) in [6.07, 6.45) is 2.60. The third-order valence-corrected chi connectivity index (χ3v) is 4.35. The Hall–Kier alpha value is -2.64. The Bertz CT molecular complexity index is 684. The molecule has 1 aromatic heterocycles. The monoisotopic (exact) mass is 330 g/mol. The Morgan fingerprint density at radius 2 is 2.17 bits per heavy atom. The van der Waals surface area contributed by atoms with Crippen molar-refractivity contribution in [3.63, 3.8) is 0 Å². The number of nitrogens with one attached hydrogen (secondary N) is 1. The SMILES string of the molecule is COc1ccc(C2CCCN2C(=O)NCCc2nnnn2C)cc1. The largest absolute Gasteiger partial charge is 0.497 e. The quantitative estimate of drug-likeness (QED) is 0.893. The van der Waals surface area contributed by atoms with Gasteiger partial charge in [-0.15, -0.1) is 5.10 Å². The Balaban J connectivity index is 1.57. The van der Waals surface area contributed by atoms with Crippen molar-refractivity contribution in [2.75, 3.05) is 20.2 Å². The molecule has 0 saturated carbocycles. The normalized spacial score (nSPS) is 17.1. The first-order valence-corrected chi connectivity index (χ1v) is 8.08. The minimum atomic E-state index is -0.0385. The van der Waals surface area contributed by atoms with Gasteiger partial charge in [-0.05, 0) is 41.0 Å². The van der Waals surface area contributed by atoms with Crippen molar-refractivity contribution in [3.05, 3.63) is 35.7 Å². The van der Waals surface area contributed by atoms with E-state index in [1.165, 1.54) is 0 Å². The van der Waals surface area contributed by atoms with Crippen LogP contribution in [0.3, 0.4) is 0 Å². The molecule has 2 amide bonds. The molecule has 0 radical (unpaired) electrons. The van der Waals surface area contributed by atoms with Crippen LogP contribution < -0.4 is 10.1 Å². The van der Waals surface area contributed by atoms with Gasteiger partial charge in [0.05, 0.1) is 13.2 Å². The number of nitrogens with zero attached hydrogens (tertiary/aromatic N) is 5. The van der Waals surface area contributed by atoms with Gasteiger partial charge < -0.3 is 15.0 Å². The Kier molecular flexibility index (Phi) is 4.93. The highest BCUT2D eigenvalue weighted by Crippen LogP contribution is 2.32. The van der Waals surface area contributed by atoms with E-state index in [0.717, 1.165) is 36.5 Å². The van der Waals surface area contributed by atoms with Crippen LogP contribution in [0, 0.1) is 0 Å². The average molecular weight is 330 g/mol. The number of benzene rings is 1. The minimum Gasteiger partial charge on any atom is -0.497 e. The second-order valence-electron chi connectivity index (χ2n) is 5.83. The van der Waals surface area contributed by atoms with E-state index in [1.54, 1.807) is 18.8 Å². The van der Waals surface area contributed by atoms with Gasteiger partial charge in [-0.25, -0.2) is 9.48 Å². The van der Waals surface area contributed by atoms with Crippen molar-refractivity contribution >= 4 is 6.03 Å². The van der Waals surface area contributed by atoms with Gasteiger partial charge in [0, 0.05) is 26.6 Å². The maximum Gasteiger partial charge on any atom is 0.317 e. The lowest BCUT2D eigenvalue weighted by atomic mass is 10.0. The zero-order chi connectivity index (χ0) is 16.9. The fourth-order valence-corrected chi connectivity index (χ4v) is 3.02. The molecule has 1 fully saturated rings. The fourth-order valence-electron chi connectivity index (χ4n) is 3.02. The second-order valence-corrected chi connectivity index (χ2v) is 5.83. The minimum absolute atomic E-state index is 0.0385. The fraction of sp³-hybridized carbons (Fsp3) is 0.500. The first kappa shape index (κ1) is 16.2. The highest BCUT2D eigenvalue weighted by molar-refractivity contribution is 5.75. The van der Waals surface area contributed by atoms with Gasteiger partial charge in [0.15, 0.2) is 5.82 Å². The number of carbonyl (C=O) groups is 1. The van der Waals surface area contributed by atoms with Crippen molar-refractivity contribution < 1.29 is 9.53 Å². The predicted octanol–water partition coefficient (Wildman–Crippen LogP) is 1.31. The molecule has 3 rings (SSSR count). The van der Waals surface area contributed by atoms with Crippen molar-refractivity contribution in [3.8, 4) is 5.75 Å². The molecule has 1 N–H and O–H groups in total. The molecule has 2 heterocycles. The zero-order valence-corrected chi connectivity index (χ0v) is 14.0. The molecule has 0 aliphatic carbocycles. The number of likely N-dealkylation sites (tertiary alicyclic amines) is 1. The van der Waals surface area contributed by atoms with Gasteiger partial charge in [0.25, 0.3) is 0 Å². The van der Waals surface area contributed by atoms with E-state index < -0.39 is 0 Å². The molecule has 0 bridgehead atoms. The molecule has 8 nitrogen and oxygen atoms in total. The third-order valence-electron chi connectivity index (χ3n) is 4.35. The van der Waals surface area contributed by atoms with E-state index in [9.17, 15) is 4.79 Å². The lowest BCUT2D eigenvalue weighted by Gasteiger charge is -2.25. The van der Waals surface area contributed by atoms with Crippen molar-refractivity contribution in [2.45, 2.75) is 25.3 Å². The van der Waals surface area contributed by atoms with E-state index in [1.807, 2.05) is 29.2 Å². The van der Waals surface area contributed by atoms with E-state index in [0.29, 0.717) is 13.0 Å². The van der Waals surface area contributed by atoms with Crippen molar-refractivity contribution in [1.82, 2.24) is 30.4 Å². The first-order chi connectivity index (χ1) is 11.7. The van der Waals surface area contributed by atoms with Gasteiger partial charge in [0.1, 0.15) is 5.75 Å². The molecule has 24 heavy (non-hydrogen) atoms. The van der Waals surface area contributed by atoms with E-state index in [-0.39, 0.29) is 12.1 Å². The number of hydrogen-bond acceptors (Lipinski definition) is 5. The van der Waals surface area contributed by atoms with E-state index >= 15 is 0 Å². The van der Waals surface area contributed by atoms with Crippen LogP contribution in [0.2, 0.25) is 0 Å². The molecule has 1 aliphatic heterocycles. The maximum atomic E-state index is 12.5. The zero-order valence-electron chi connectivity index (χ0n) is 14.0. The van der Waals surface area contributed by atoms with Crippen LogP contribution in [-0.2, 0) is 13.5 Å². The molecule has 1 aromatic carbocycles. The van der Waals surface area contributed by atoms with Crippen LogP contribution in [0.5, 0.6) is 5.75 Å². The summed E-state index contributed by atoms with van der Waals surface area (Å²) in [5.74, 6) is 1.58. The van der Waals surface area contributed by atoms with Gasteiger partial charge in [-0.1, -0.05) is 12.1 Å². The number of aromatic nitrogens is 4. The Morgan fingerprint density at radius 3 is 2.83 bits per heavy atom. The number of ether oxygens (including phenoxy) is 1. The molecule has 1 atom stereocenters. The Morgan fingerprint density at radius 1 is 1.38 bits per heavy atom. The van der Waals surface area contributed by atoms with Gasteiger partial charge >= 0.3 is 6.03 Å². The number of aryl methyl sites for hydroxylation is 1. The summed E-state index contributed by atoms with van der Waals surface area (Å²) in [6, 6.07) is 8.01. The number of hydrogen-bond donors (Lipinski definition) is 1. The summed E-state index contributed by atoms with van der Waals surface area (Å²) in [5.41, 5.74) is 1.14. The van der Waals surface area contributed by atoms with Crippen LogP contribution in [0.4, 0.5) is 4.79 Å². The highest BCUT2D eigenvalue weighted by Gasteiger charge is 2.29. The summed E-state index contributed by atoms with van der Waals surface area (Å²) in [7, 11) is 3.44. The number of tetrazole rings is 1. The molecular formula is C16H22N6O2. The van der Waals surface area contributed by atoms with Crippen LogP contribution in [0.15, 0.2) is 24.3 Å². The van der Waals surface area contributed by atoms with Crippen LogP contribution in [-0.4, -0.2) is 51.3 Å². The summed E-state index contributed by atoms with van der Waals surface area (Å²) in [5, 5.41) is 14.3. The molecule has 1 unspecified atom stereocenters. The molecule has 128 valence electrons. The van der Waals surface area contributed by atoms with E-state index in [4.69, 9.17) is 4.74 Å². The predicted molar refractivity (Wildman–Crippen MR) is 87.6 cm³/mol. The maximum absolute atomic E-state index is 12.5. The third kappa shape index (κ3) is 3.47. The standard InChI is InChI=1S/C16H22N6O2/c1-21-15(18-19-20-21)9-10-17-16(23)22-11-3-4-14(22)12-5-7-13(24-2)8-6-12/h5-8,14H,3-4,9-11H2,1-2H3,(H,17,23). The molecule has 0 spiro atoms. The summed E-state index contributed by atoms with van der Waals surface area (Å²) < 4.78 is 6.81. The lowest BCUT2D eigenvalue weighted by molar-refractivity contribution is 0.193. The lowest BCUT2D eigenvalue weighted by Crippen LogP contribution is -2.40. The smallest absolute Gasteiger partial charge is 0.317 e. The molecule has 8 heteroatoms. The van der Waals surface area contributed by atoms with Crippen LogP contribution in [0.1, 0.15) is 30.3 Å². The molecule has 1 aliphatic rings. The van der Waals surface area contributed by atoms with Crippen molar-refractivity contribution in [1.29, 1.82) is 0 Å². The van der Waals surface area contributed by atoms with Crippen LogP contribution >= 0.6 is 0 Å². The number of urea groups is 1. The number of methoxy groups -OCH3 is 1. The molecule has 1 saturated heterocycles. The van der Waals surface area contributed by atoms with Gasteiger partial charge in [-0.3, -0.25) is 0 Å². The molecule has 2 aromatic rings. The summed E-state index contributed by atoms with van der Waals surface area (Å²) in [4.78, 5) is 14.4. The number of rotatable bonds is 5. The van der Waals surface area contributed by atoms with Gasteiger partial charge in [0.2, 0.25) is 0 Å². The molecular weight excluding hydrogens is 308 g/mol. The summed E-state index contributed by atoms with van der Waals surface area (Å²) in [6.45, 7) is 1.28. The Labute approximate surface area is 140 Å². The average Bonchev–Trinajstić information content (AvgIpc) is 3.24. The van der Waals surface area contributed by atoms with Crippen molar-refractivity contribution in [2.24, 2.45) is 7.05 Å². The van der Waals surface area contributed by atoms with Gasteiger partial charge in [-0.2, -0.15) is 0 Å². The highest BCUT2D eigenvalue weighted by atomic mass is 16.5. The first-order valence-electron chi connectivity index (χ1n) is 8.08.